The number of imidazole rings is 1. The molecule has 1 N–H and O–H groups in total. The fourth-order valence-corrected chi connectivity index (χ4v) is 3.11. The predicted molar refractivity (Wildman–Crippen MR) is 107 cm³/mol. The molecule has 1 atom stereocenters. The fourth-order valence-electron chi connectivity index (χ4n) is 3.11. The number of halogens is 1. The molecule has 2 heterocycles. The molecule has 1 amide bonds. The van der Waals surface area contributed by atoms with E-state index in [4.69, 9.17) is 9.26 Å². The van der Waals surface area contributed by atoms with E-state index in [-0.39, 0.29) is 11.5 Å². The molecule has 2 aromatic heterocycles. The van der Waals surface area contributed by atoms with Crippen molar-refractivity contribution in [1.29, 1.82) is 0 Å². The number of hydrogen-bond donors (Lipinski definition) is 1. The van der Waals surface area contributed by atoms with E-state index < -0.39 is 11.9 Å². The summed E-state index contributed by atoms with van der Waals surface area (Å²) in [5, 5.41) is 6.82. The number of amides is 1. The molecule has 2 aromatic carbocycles. The lowest BCUT2D eigenvalue weighted by molar-refractivity contribution is 0.0932. The van der Waals surface area contributed by atoms with Gasteiger partial charge in [0.15, 0.2) is 11.5 Å². The first kappa shape index (κ1) is 19.4. The summed E-state index contributed by atoms with van der Waals surface area (Å²) in [6, 6.07) is 14.1. The van der Waals surface area contributed by atoms with Crippen LogP contribution in [0.5, 0.6) is 5.75 Å². The summed E-state index contributed by atoms with van der Waals surface area (Å²) in [6.45, 7) is 0. The Hall–Kier alpha value is -3.94. The van der Waals surface area contributed by atoms with E-state index in [2.05, 4.69) is 15.5 Å². The van der Waals surface area contributed by atoms with Crippen molar-refractivity contribution in [3.63, 3.8) is 0 Å². The molecule has 0 aliphatic heterocycles. The molecule has 152 valence electrons. The Morgan fingerprint density at radius 1 is 1.20 bits per heavy atom. The van der Waals surface area contributed by atoms with Gasteiger partial charge in [-0.1, -0.05) is 17.3 Å². The molecule has 0 saturated carbocycles. The molecule has 4 rings (SSSR count). The van der Waals surface area contributed by atoms with Gasteiger partial charge >= 0.3 is 0 Å². The van der Waals surface area contributed by atoms with Crippen LogP contribution in [0.3, 0.4) is 0 Å². The van der Waals surface area contributed by atoms with Crippen LogP contribution < -0.4 is 10.1 Å². The van der Waals surface area contributed by atoms with Crippen molar-refractivity contribution in [1.82, 2.24) is 20.0 Å². The van der Waals surface area contributed by atoms with Gasteiger partial charge in [0.25, 0.3) is 5.91 Å². The van der Waals surface area contributed by atoms with Crippen LogP contribution >= 0.6 is 0 Å². The molecular formula is C22H19FN4O3. The van der Waals surface area contributed by atoms with E-state index in [9.17, 15) is 9.18 Å². The number of aromatic nitrogens is 3. The molecule has 0 unspecified atom stereocenters. The van der Waals surface area contributed by atoms with Crippen LogP contribution in [0, 0.1) is 5.82 Å². The van der Waals surface area contributed by atoms with Crippen molar-refractivity contribution in [2.45, 2.75) is 6.04 Å². The minimum atomic E-state index is -0.529. The van der Waals surface area contributed by atoms with Crippen molar-refractivity contribution < 1.29 is 18.4 Å². The van der Waals surface area contributed by atoms with Crippen LogP contribution in [0.2, 0.25) is 0 Å². The molecule has 8 heteroatoms. The largest absolute Gasteiger partial charge is 0.497 e. The molecule has 0 spiro atoms. The Kier molecular flexibility index (Phi) is 5.30. The Labute approximate surface area is 172 Å². The van der Waals surface area contributed by atoms with Crippen LogP contribution in [-0.2, 0) is 7.05 Å². The zero-order valence-corrected chi connectivity index (χ0v) is 16.4. The maximum Gasteiger partial charge on any atom is 0.274 e. The van der Waals surface area contributed by atoms with Crippen LogP contribution in [0.25, 0.3) is 11.3 Å². The van der Waals surface area contributed by atoms with E-state index in [0.29, 0.717) is 22.9 Å². The van der Waals surface area contributed by atoms with E-state index in [1.165, 1.54) is 18.2 Å². The van der Waals surface area contributed by atoms with Crippen LogP contribution in [0.15, 0.2) is 71.5 Å². The van der Waals surface area contributed by atoms with Crippen molar-refractivity contribution in [2.24, 2.45) is 7.05 Å². The number of carbonyl (C=O) groups excluding carboxylic acids is 1. The van der Waals surface area contributed by atoms with Gasteiger partial charge in [-0.2, -0.15) is 0 Å². The van der Waals surface area contributed by atoms with Gasteiger partial charge in [-0.25, -0.2) is 9.37 Å². The maximum absolute atomic E-state index is 13.1. The molecule has 0 aliphatic rings. The van der Waals surface area contributed by atoms with Crippen molar-refractivity contribution >= 4 is 5.91 Å². The molecule has 0 radical (unpaired) electrons. The number of ether oxygens (including phenoxy) is 1. The van der Waals surface area contributed by atoms with E-state index in [1.54, 1.807) is 31.6 Å². The highest BCUT2D eigenvalue weighted by Crippen LogP contribution is 2.25. The molecule has 0 aliphatic carbocycles. The smallest absolute Gasteiger partial charge is 0.274 e. The van der Waals surface area contributed by atoms with Crippen molar-refractivity contribution in [2.75, 3.05) is 7.11 Å². The van der Waals surface area contributed by atoms with Gasteiger partial charge in [-0.15, -0.1) is 0 Å². The quantitative estimate of drug-likeness (QED) is 0.527. The predicted octanol–water partition coefficient (Wildman–Crippen LogP) is 3.74. The van der Waals surface area contributed by atoms with Crippen molar-refractivity contribution in [3.05, 3.63) is 89.9 Å². The third kappa shape index (κ3) is 3.93. The average molecular weight is 406 g/mol. The van der Waals surface area contributed by atoms with Gasteiger partial charge in [0, 0.05) is 31.1 Å². The van der Waals surface area contributed by atoms with Gasteiger partial charge in [0.2, 0.25) is 0 Å². The Bertz CT molecular complexity index is 1170. The third-order valence-corrected chi connectivity index (χ3v) is 4.69. The summed E-state index contributed by atoms with van der Waals surface area (Å²) in [5.41, 5.74) is 1.53. The van der Waals surface area contributed by atoms with E-state index in [1.807, 2.05) is 35.9 Å². The van der Waals surface area contributed by atoms with Crippen LogP contribution in [-0.4, -0.2) is 27.7 Å². The summed E-state index contributed by atoms with van der Waals surface area (Å²) in [5.74, 6) is 0.908. The monoisotopic (exact) mass is 406 g/mol. The summed E-state index contributed by atoms with van der Waals surface area (Å²) in [6.07, 6.45) is 3.47. The SMILES string of the molecule is COc1cccc([C@H](NC(=O)c2cc(-c3ccc(F)cc3)on2)c2nccn2C)c1. The highest BCUT2D eigenvalue weighted by molar-refractivity contribution is 5.93. The Balaban J connectivity index is 1.62. The minimum absolute atomic E-state index is 0.108. The third-order valence-electron chi connectivity index (χ3n) is 4.69. The lowest BCUT2D eigenvalue weighted by Crippen LogP contribution is -2.31. The second kappa shape index (κ2) is 8.20. The van der Waals surface area contributed by atoms with Crippen LogP contribution in [0.1, 0.15) is 27.9 Å². The molecular weight excluding hydrogens is 387 g/mol. The van der Waals surface area contributed by atoms with Gasteiger partial charge in [-0.3, -0.25) is 4.79 Å². The van der Waals surface area contributed by atoms with Gasteiger partial charge in [-0.05, 0) is 42.0 Å². The standard InChI is InChI=1S/C22H19FN4O3/c1-27-11-10-24-21(27)20(15-4-3-5-17(12-15)29-2)25-22(28)18-13-19(30-26-18)14-6-8-16(23)9-7-14/h3-13,20H,1-2H3,(H,25,28)/t20-/m0/s1. The van der Waals surface area contributed by atoms with Crippen molar-refractivity contribution in [3.8, 4) is 17.1 Å². The summed E-state index contributed by atoms with van der Waals surface area (Å²) >= 11 is 0. The van der Waals surface area contributed by atoms with E-state index >= 15 is 0 Å². The number of carbonyl (C=O) groups is 1. The minimum Gasteiger partial charge on any atom is -0.497 e. The summed E-state index contributed by atoms with van der Waals surface area (Å²) < 4.78 is 25.5. The molecule has 4 aromatic rings. The topological polar surface area (TPSA) is 82.2 Å². The Morgan fingerprint density at radius 2 is 2.00 bits per heavy atom. The first-order valence-corrected chi connectivity index (χ1v) is 9.20. The summed E-state index contributed by atoms with van der Waals surface area (Å²) in [7, 11) is 3.43. The molecule has 7 nitrogen and oxygen atoms in total. The highest BCUT2D eigenvalue weighted by atomic mass is 19.1. The van der Waals surface area contributed by atoms with Gasteiger partial charge in [0.1, 0.15) is 23.4 Å². The van der Waals surface area contributed by atoms with Gasteiger partial charge in [0.05, 0.1) is 7.11 Å². The number of rotatable bonds is 6. The normalized spacial score (nSPS) is 11.8. The second-order valence-corrected chi connectivity index (χ2v) is 6.66. The second-order valence-electron chi connectivity index (χ2n) is 6.66. The molecule has 30 heavy (non-hydrogen) atoms. The first-order chi connectivity index (χ1) is 14.5. The molecule has 0 bridgehead atoms. The fraction of sp³-hybridized carbons (Fsp3) is 0.136. The lowest BCUT2D eigenvalue weighted by Gasteiger charge is -2.19. The average Bonchev–Trinajstić information content (AvgIpc) is 3.42. The Morgan fingerprint density at radius 3 is 2.70 bits per heavy atom. The number of hydrogen-bond acceptors (Lipinski definition) is 5. The zero-order chi connectivity index (χ0) is 21.1. The number of nitrogens with one attached hydrogen (secondary N) is 1. The van der Waals surface area contributed by atoms with E-state index in [0.717, 1.165) is 5.56 Å². The number of nitrogens with zero attached hydrogens (tertiary/aromatic N) is 3. The highest BCUT2D eigenvalue weighted by Gasteiger charge is 2.24. The maximum atomic E-state index is 13.1. The molecule has 0 saturated heterocycles. The van der Waals surface area contributed by atoms with Crippen LogP contribution in [0.4, 0.5) is 4.39 Å². The summed E-state index contributed by atoms with van der Waals surface area (Å²) in [4.78, 5) is 17.3. The number of methoxy groups -OCH3 is 1. The first-order valence-electron chi connectivity index (χ1n) is 9.20. The molecule has 0 fully saturated rings. The number of aryl methyl sites for hydroxylation is 1. The zero-order valence-electron chi connectivity index (χ0n) is 16.4. The lowest BCUT2D eigenvalue weighted by atomic mass is 10.1. The number of benzene rings is 2. The van der Waals surface area contributed by atoms with Gasteiger partial charge < -0.3 is 19.1 Å².